The molecule has 1 fully saturated rings. The van der Waals surface area contributed by atoms with Gasteiger partial charge in [0.2, 0.25) is 0 Å². The Morgan fingerprint density at radius 2 is 1.86 bits per heavy atom. The fourth-order valence-electron chi connectivity index (χ4n) is 6.70. The lowest BCUT2D eigenvalue weighted by atomic mass is 9.49. The standard InChI is InChI=1S/C31H36N2O4/c1-3-30-21-29(2,35)31(36,24-7-5-4-6-8-24)18-25(30)10-9-23-17-26(11-12-27(23)30)37-20-28(34)33-19-22-13-15-32-16-14-22/h4-8,11-17,25,35-36H,3,9-10,18-21H2,1-2H3,(H,33,34)/t25-,29+,30+,31+/m0/s1. The first-order valence-electron chi connectivity index (χ1n) is 13.2. The minimum Gasteiger partial charge on any atom is -0.484 e. The number of amides is 1. The molecule has 2 aromatic carbocycles. The molecular formula is C31H36N2O4. The molecule has 0 saturated heterocycles. The number of benzene rings is 2. The van der Waals surface area contributed by atoms with E-state index >= 15 is 0 Å². The molecule has 6 nitrogen and oxygen atoms in total. The van der Waals surface area contributed by atoms with Crippen LogP contribution in [0.1, 0.15) is 61.8 Å². The van der Waals surface area contributed by atoms with Gasteiger partial charge in [-0.05, 0) is 91.5 Å². The van der Waals surface area contributed by atoms with Gasteiger partial charge in [-0.2, -0.15) is 0 Å². The second-order valence-corrected chi connectivity index (χ2v) is 10.9. The number of hydrogen-bond donors (Lipinski definition) is 3. The maximum atomic E-state index is 12.3. The normalized spacial score (nSPS) is 28.6. The van der Waals surface area contributed by atoms with Gasteiger partial charge in [0.15, 0.2) is 6.61 Å². The predicted molar refractivity (Wildman–Crippen MR) is 142 cm³/mol. The summed E-state index contributed by atoms with van der Waals surface area (Å²) in [6, 6.07) is 19.4. The Bertz CT molecular complexity index is 1250. The summed E-state index contributed by atoms with van der Waals surface area (Å²) in [4.78, 5) is 16.3. The molecular weight excluding hydrogens is 464 g/mol. The van der Waals surface area contributed by atoms with E-state index in [1.807, 2.05) is 54.6 Å². The van der Waals surface area contributed by atoms with Crippen LogP contribution >= 0.6 is 0 Å². The zero-order valence-electron chi connectivity index (χ0n) is 21.6. The molecule has 1 saturated carbocycles. The SMILES string of the molecule is CC[C@@]12C[C@@](C)(O)[C@](O)(c3ccccc3)C[C@@H]1CCc1cc(OCC(=O)NCc3ccncc3)ccc12. The summed E-state index contributed by atoms with van der Waals surface area (Å²) in [5, 5.41) is 26.4. The maximum absolute atomic E-state index is 12.3. The lowest BCUT2D eigenvalue weighted by Crippen LogP contribution is -2.62. The minimum absolute atomic E-state index is 0.0514. The number of aliphatic hydroxyl groups is 2. The van der Waals surface area contributed by atoms with Crippen LogP contribution < -0.4 is 10.1 Å². The molecule has 194 valence electrons. The Labute approximate surface area is 218 Å². The summed E-state index contributed by atoms with van der Waals surface area (Å²) in [6.07, 6.45) is 7.09. The minimum atomic E-state index is -1.29. The Morgan fingerprint density at radius 3 is 2.59 bits per heavy atom. The zero-order valence-corrected chi connectivity index (χ0v) is 21.6. The average molecular weight is 501 g/mol. The number of hydrogen-bond acceptors (Lipinski definition) is 5. The summed E-state index contributed by atoms with van der Waals surface area (Å²) >= 11 is 0. The zero-order chi connectivity index (χ0) is 26.1. The average Bonchev–Trinajstić information content (AvgIpc) is 2.92. The van der Waals surface area contributed by atoms with Crippen molar-refractivity contribution in [2.45, 2.75) is 69.1 Å². The third-order valence-corrected chi connectivity index (χ3v) is 8.74. The molecule has 6 heteroatoms. The molecule has 0 radical (unpaired) electrons. The van der Waals surface area contributed by atoms with Crippen LogP contribution in [0, 0.1) is 5.92 Å². The molecule has 37 heavy (non-hydrogen) atoms. The van der Waals surface area contributed by atoms with Crippen LogP contribution in [-0.2, 0) is 28.8 Å². The predicted octanol–water partition coefficient (Wildman–Crippen LogP) is 4.42. The van der Waals surface area contributed by atoms with Gasteiger partial charge >= 0.3 is 0 Å². The van der Waals surface area contributed by atoms with Crippen molar-refractivity contribution in [3.05, 3.63) is 95.3 Å². The fourth-order valence-corrected chi connectivity index (χ4v) is 6.70. The van der Waals surface area contributed by atoms with Crippen molar-refractivity contribution in [3.8, 4) is 5.75 Å². The van der Waals surface area contributed by atoms with Gasteiger partial charge in [-0.25, -0.2) is 0 Å². The smallest absolute Gasteiger partial charge is 0.258 e. The number of nitrogens with one attached hydrogen (secondary N) is 1. The van der Waals surface area contributed by atoms with Crippen LogP contribution in [0.3, 0.4) is 0 Å². The van der Waals surface area contributed by atoms with E-state index in [4.69, 9.17) is 4.74 Å². The van der Waals surface area contributed by atoms with Gasteiger partial charge in [0.1, 0.15) is 11.4 Å². The van der Waals surface area contributed by atoms with E-state index in [1.165, 1.54) is 11.1 Å². The van der Waals surface area contributed by atoms with Crippen molar-refractivity contribution in [1.82, 2.24) is 10.3 Å². The number of rotatable bonds is 7. The molecule has 0 bridgehead atoms. The number of carbonyl (C=O) groups is 1. The molecule has 1 heterocycles. The van der Waals surface area contributed by atoms with Gasteiger partial charge in [-0.15, -0.1) is 0 Å². The van der Waals surface area contributed by atoms with Gasteiger partial charge in [-0.1, -0.05) is 43.3 Å². The number of aromatic nitrogens is 1. The van der Waals surface area contributed by atoms with Gasteiger partial charge in [0.25, 0.3) is 5.91 Å². The lowest BCUT2D eigenvalue weighted by Gasteiger charge is -2.59. The summed E-state index contributed by atoms with van der Waals surface area (Å²) in [6.45, 7) is 4.35. The molecule has 1 aromatic heterocycles. The third-order valence-electron chi connectivity index (χ3n) is 8.74. The first-order valence-corrected chi connectivity index (χ1v) is 13.2. The number of ether oxygens (including phenoxy) is 1. The highest BCUT2D eigenvalue weighted by Gasteiger charge is 2.60. The second kappa shape index (κ2) is 9.92. The topological polar surface area (TPSA) is 91.7 Å². The molecule has 5 rings (SSSR count). The summed E-state index contributed by atoms with van der Waals surface area (Å²) in [5.74, 6) is 0.746. The highest BCUT2D eigenvalue weighted by molar-refractivity contribution is 5.77. The number of aryl methyl sites for hydroxylation is 1. The van der Waals surface area contributed by atoms with Crippen LogP contribution in [0.2, 0.25) is 0 Å². The quantitative estimate of drug-likeness (QED) is 0.447. The molecule has 0 unspecified atom stereocenters. The van der Waals surface area contributed by atoms with Crippen LogP contribution in [0.4, 0.5) is 0 Å². The summed E-state index contributed by atoms with van der Waals surface area (Å²) < 4.78 is 5.84. The van der Waals surface area contributed by atoms with E-state index in [2.05, 4.69) is 23.3 Å². The molecule has 2 aliphatic carbocycles. The van der Waals surface area contributed by atoms with Crippen LogP contribution in [0.25, 0.3) is 0 Å². The number of carbonyl (C=O) groups excluding carboxylic acids is 1. The van der Waals surface area contributed by atoms with E-state index in [0.717, 1.165) is 30.4 Å². The lowest BCUT2D eigenvalue weighted by molar-refractivity contribution is -0.205. The largest absolute Gasteiger partial charge is 0.484 e. The van der Waals surface area contributed by atoms with E-state index in [9.17, 15) is 15.0 Å². The number of nitrogens with zero attached hydrogens (tertiary/aromatic N) is 1. The Kier molecular flexibility index (Phi) is 6.82. The number of fused-ring (bicyclic) bond motifs is 3. The first-order chi connectivity index (χ1) is 17.8. The molecule has 4 atom stereocenters. The van der Waals surface area contributed by atoms with Gasteiger partial charge in [0.05, 0.1) is 5.60 Å². The van der Waals surface area contributed by atoms with Gasteiger partial charge in [-0.3, -0.25) is 9.78 Å². The fraction of sp³-hybridized carbons (Fsp3) is 0.419. The monoisotopic (exact) mass is 500 g/mol. The van der Waals surface area contributed by atoms with E-state index in [1.54, 1.807) is 19.3 Å². The van der Waals surface area contributed by atoms with Crippen molar-refractivity contribution in [1.29, 1.82) is 0 Å². The molecule has 1 amide bonds. The Hall–Kier alpha value is -3.22. The van der Waals surface area contributed by atoms with Gasteiger partial charge in [0, 0.05) is 24.4 Å². The van der Waals surface area contributed by atoms with Crippen molar-refractivity contribution in [3.63, 3.8) is 0 Å². The number of pyridine rings is 1. The second-order valence-electron chi connectivity index (χ2n) is 10.9. The van der Waals surface area contributed by atoms with Gasteiger partial charge < -0.3 is 20.3 Å². The third kappa shape index (κ3) is 4.64. The van der Waals surface area contributed by atoms with Crippen LogP contribution in [0.5, 0.6) is 5.75 Å². The maximum Gasteiger partial charge on any atom is 0.258 e. The molecule has 2 aliphatic rings. The summed E-state index contributed by atoms with van der Waals surface area (Å²) in [7, 11) is 0. The highest BCUT2D eigenvalue weighted by Crippen LogP contribution is 2.60. The van der Waals surface area contributed by atoms with E-state index in [-0.39, 0.29) is 23.8 Å². The molecule has 0 aliphatic heterocycles. The highest BCUT2D eigenvalue weighted by atomic mass is 16.5. The Balaban J connectivity index is 1.32. The van der Waals surface area contributed by atoms with Crippen molar-refractivity contribution >= 4 is 5.91 Å². The van der Waals surface area contributed by atoms with Crippen molar-refractivity contribution < 1.29 is 19.7 Å². The van der Waals surface area contributed by atoms with E-state index < -0.39 is 11.2 Å². The van der Waals surface area contributed by atoms with E-state index in [0.29, 0.717) is 25.1 Å². The Morgan fingerprint density at radius 1 is 1.11 bits per heavy atom. The van der Waals surface area contributed by atoms with Crippen LogP contribution in [-0.4, -0.2) is 33.3 Å². The molecule has 0 spiro atoms. The first kappa shape index (κ1) is 25.4. The summed E-state index contributed by atoms with van der Waals surface area (Å²) in [5.41, 5.74) is 1.41. The molecule has 3 N–H and O–H groups in total. The molecule has 3 aromatic rings. The van der Waals surface area contributed by atoms with Crippen molar-refractivity contribution in [2.75, 3.05) is 6.61 Å². The van der Waals surface area contributed by atoms with Crippen LogP contribution in [0.15, 0.2) is 73.1 Å². The van der Waals surface area contributed by atoms with Crippen molar-refractivity contribution in [2.24, 2.45) is 5.92 Å².